The summed E-state index contributed by atoms with van der Waals surface area (Å²) in [6, 6.07) is 17.0. The number of hydrogen-bond donors (Lipinski definition) is 1. The van der Waals surface area contributed by atoms with Gasteiger partial charge in [-0.25, -0.2) is 0 Å². The Hall–Kier alpha value is -3.12. The lowest BCUT2D eigenvalue weighted by molar-refractivity contribution is -0.0213. The number of aromatic nitrogens is 1. The van der Waals surface area contributed by atoms with Crippen LogP contribution in [-0.2, 0) is 5.60 Å². The predicted octanol–water partition coefficient (Wildman–Crippen LogP) is 3.78. The van der Waals surface area contributed by atoms with E-state index in [1.54, 1.807) is 18.1 Å². The largest absolute Gasteiger partial charge is 0.496 e. The quantitative estimate of drug-likeness (QED) is 0.731. The Morgan fingerprint density at radius 1 is 1.14 bits per heavy atom. The van der Waals surface area contributed by atoms with Gasteiger partial charge in [0.15, 0.2) is 11.5 Å². The predicted molar refractivity (Wildman–Crippen MR) is 109 cm³/mol. The molecule has 1 saturated heterocycles. The van der Waals surface area contributed by atoms with Crippen LogP contribution in [0.25, 0.3) is 11.3 Å². The molecule has 0 radical (unpaired) electrons. The lowest BCUT2D eigenvalue weighted by Gasteiger charge is -2.38. The molecule has 0 aliphatic carbocycles. The number of benzene rings is 2. The van der Waals surface area contributed by atoms with Crippen LogP contribution in [-0.4, -0.2) is 41.3 Å². The van der Waals surface area contributed by atoms with Gasteiger partial charge in [-0.2, -0.15) is 0 Å². The first-order chi connectivity index (χ1) is 14.0. The van der Waals surface area contributed by atoms with E-state index >= 15 is 0 Å². The van der Waals surface area contributed by atoms with Crippen molar-refractivity contribution in [1.29, 1.82) is 0 Å². The average Bonchev–Trinajstić information content (AvgIpc) is 3.24. The second-order valence-corrected chi connectivity index (χ2v) is 7.47. The number of piperidine rings is 1. The van der Waals surface area contributed by atoms with Gasteiger partial charge in [0.1, 0.15) is 5.75 Å². The van der Waals surface area contributed by atoms with Gasteiger partial charge in [-0.1, -0.05) is 47.1 Å². The van der Waals surface area contributed by atoms with Crippen molar-refractivity contribution in [2.75, 3.05) is 20.2 Å². The first-order valence-electron chi connectivity index (χ1n) is 9.69. The number of aliphatic hydroxyl groups is 1. The molecule has 1 aromatic heterocycles. The van der Waals surface area contributed by atoms with E-state index in [0.717, 1.165) is 16.7 Å². The number of ether oxygens (including phenoxy) is 1. The van der Waals surface area contributed by atoms with Crippen LogP contribution in [0.2, 0.25) is 0 Å². The Labute approximate surface area is 169 Å². The summed E-state index contributed by atoms with van der Waals surface area (Å²) in [4.78, 5) is 14.6. The summed E-state index contributed by atoms with van der Waals surface area (Å²) in [7, 11) is 1.59. The first-order valence-corrected chi connectivity index (χ1v) is 9.69. The first kappa shape index (κ1) is 19.2. The maximum Gasteiger partial charge on any atom is 0.276 e. The highest BCUT2D eigenvalue weighted by molar-refractivity contribution is 5.93. The maximum absolute atomic E-state index is 12.9. The minimum atomic E-state index is -0.908. The molecule has 0 unspecified atom stereocenters. The number of hydrogen-bond acceptors (Lipinski definition) is 5. The lowest BCUT2D eigenvalue weighted by atomic mass is 9.84. The van der Waals surface area contributed by atoms with Gasteiger partial charge in [0, 0.05) is 19.2 Å². The van der Waals surface area contributed by atoms with E-state index in [2.05, 4.69) is 5.16 Å². The van der Waals surface area contributed by atoms with E-state index in [9.17, 15) is 9.90 Å². The summed E-state index contributed by atoms with van der Waals surface area (Å²) >= 11 is 0. The van der Waals surface area contributed by atoms with Crippen molar-refractivity contribution in [3.8, 4) is 17.1 Å². The molecule has 4 rings (SSSR count). The van der Waals surface area contributed by atoms with Crippen LogP contribution >= 0.6 is 0 Å². The van der Waals surface area contributed by atoms with Crippen LogP contribution in [0.15, 0.2) is 59.1 Å². The van der Waals surface area contributed by atoms with Crippen molar-refractivity contribution >= 4 is 5.91 Å². The van der Waals surface area contributed by atoms with Crippen LogP contribution in [0.5, 0.6) is 5.75 Å². The number of rotatable bonds is 4. The molecule has 1 aliphatic heterocycles. The molecule has 0 bridgehead atoms. The molecule has 1 amide bonds. The Morgan fingerprint density at radius 3 is 2.62 bits per heavy atom. The number of carbonyl (C=O) groups is 1. The molecular weight excluding hydrogens is 368 g/mol. The molecule has 2 heterocycles. The standard InChI is InChI=1S/C23H24N2O4/c1-16-6-5-7-17(14-16)23(27)10-12-25(13-11-23)22(26)19-15-21(29-24-19)18-8-3-4-9-20(18)28-2/h3-9,14-15,27H,10-13H2,1-2H3. The minimum absolute atomic E-state index is 0.193. The van der Waals surface area contributed by atoms with Crippen molar-refractivity contribution in [2.45, 2.75) is 25.4 Å². The maximum atomic E-state index is 12.9. The van der Waals surface area contributed by atoms with E-state index in [1.807, 2.05) is 55.5 Å². The Balaban J connectivity index is 1.47. The van der Waals surface area contributed by atoms with E-state index in [1.165, 1.54) is 0 Å². The Morgan fingerprint density at radius 2 is 1.90 bits per heavy atom. The fourth-order valence-corrected chi connectivity index (χ4v) is 3.82. The molecule has 29 heavy (non-hydrogen) atoms. The van der Waals surface area contributed by atoms with E-state index in [0.29, 0.717) is 37.4 Å². The summed E-state index contributed by atoms with van der Waals surface area (Å²) in [5, 5.41) is 15.0. The van der Waals surface area contributed by atoms with Crippen LogP contribution in [0.4, 0.5) is 0 Å². The van der Waals surface area contributed by atoms with Gasteiger partial charge in [-0.15, -0.1) is 0 Å². The molecule has 3 aromatic rings. The number of nitrogens with zero attached hydrogens (tertiary/aromatic N) is 2. The number of methoxy groups -OCH3 is 1. The second-order valence-electron chi connectivity index (χ2n) is 7.47. The zero-order chi connectivity index (χ0) is 20.4. The van der Waals surface area contributed by atoms with Crippen LogP contribution in [0.1, 0.15) is 34.5 Å². The fourth-order valence-electron chi connectivity index (χ4n) is 3.82. The number of likely N-dealkylation sites (tertiary alicyclic amines) is 1. The molecule has 150 valence electrons. The summed E-state index contributed by atoms with van der Waals surface area (Å²) in [5.41, 5.74) is 2.11. The van der Waals surface area contributed by atoms with Crippen LogP contribution < -0.4 is 4.74 Å². The number of amides is 1. The van der Waals surface area contributed by atoms with Crippen molar-refractivity contribution in [3.63, 3.8) is 0 Å². The molecule has 1 N–H and O–H groups in total. The topological polar surface area (TPSA) is 75.8 Å². The third kappa shape index (κ3) is 3.76. The smallest absolute Gasteiger partial charge is 0.276 e. The molecule has 6 nitrogen and oxygen atoms in total. The summed E-state index contributed by atoms with van der Waals surface area (Å²) in [6.07, 6.45) is 0.971. The molecule has 0 saturated carbocycles. The molecule has 0 atom stereocenters. The second kappa shape index (κ2) is 7.72. The summed E-state index contributed by atoms with van der Waals surface area (Å²) in [6.45, 7) is 2.93. The molecular formula is C23H24N2O4. The summed E-state index contributed by atoms with van der Waals surface area (Å²) < 4.78 is 10.7. The normalized spacial score (nSPS) is 15.9. The van der Waals surface area contributed by atoms with E-state index < -0.39 is 5.60 Å². The van der Waals surface area contributed by atoms with Crippen molar-refractivity contribution in [2.24, 2.45) is 0 Å². The number of carbonyl (C=O) groups excluding carboxylic acids is 1. The lowest BCUT2D eigenvalue weighted by Crippen LogP contribution is -2.45. The third-order valence-electron chi connectivity index (χ3n) is 5.53. The molecule has 2 aromatic carbocycles. The van der Waals surface area contributed by atoms with Crippen molar-refractivity contribution < 1.29 is 19.2 Å². The van der Waals surface area contributed by atoms with Gasteiger partial charge in [0.25, 0.3) is 5.91 Å². The minimum Gasteiger partial charge on any atom is -0.496 e. The van der Waals surface area contributed by atoms with Gasteiger partial charge >= 0.3 is 0 Å². The van der Waals surface area contributed by atoms with Gasteiger partial charge < -0.3 is 19.3 Å². The number of para-hydroxylation sites is 1. The van der Waals surface area contributed by atoms with Crippen molar-refractivity contribution in [1.82, 2.24) is 10.1 Å². The Bertz CT molecular complexity index is 1020. The third-order valence-corrected chi connectivity index (χ3v) is 5.53. The van der Waals surface area contributed by atoms with Gasteiger partial charge in [-0.3, -0.25) is 4.79 Å². The zero-order valence-corrected chi connectivity index (χ0v) is 16.6. The monoisotopic (exact) mass is 392 g/mol. The molecule has 1 fully saturated rings. The highest BCUT2D eigenvalue weighted by atomic mass is 16.5. The average molecular weight is 392 g/mol. The Kier molecular flexibility index (Phi) is 5.11. The molecule has 1 aliphatic rings. The molecule has 6 heteroatoms. The van der Waals surface area contributed by atoms with Crippen LogP contribution in [0.3, 0.4) is 0 Å². The van der Waals surface area contributed by atoms with Gasteiger partial charge in [0.2, 0.25) is 0 Å². The SMILES string of the molecule is COc1ccccc1-c1cc(C(=O)N2CCC(O)(c3cccc(C)c3)CC2)no1. The highest BCUT2D eigenvalue weighted by Crippen LogP contribution is 2.34. The van der Waals surface area contributed by atoms with Gasteiger partial charge in [0.05, 0.1) is 18.3 Å². The number of aryl methyl sites for hydroxylation is 1. The fraction of sp³-hybridized carbons (Fsp3) is 0.304. The van der Waals surface area contributed by atoms with E-state index in [4.69, 9.17) is 9.26 Å². The highest BCUT2D eigenvalue weighted by Gasteiger charge is 2.36. The van der Waals surface area contributed by atoms with Gasteiger partial charge in [-0.05, 0) is 37.5 Å². The molecule has 0 spiro atoms. The zero-order valence-electron chi connectivity index (χ0n) is 16.6. The van der Waals surface area contributed by atoms with Crippen LogP contribution in [0, 0.1) is 6.92 Å². The van der Waals surface area contributed by atoms with E-state index in [-0.39, 0.29) is 11.6 Å². The van der Waals surface area contributed by atoms with Crippen molar-refractivity contribution in [3.05, 3.63) is 71.4 Å². The summed E-state index contributed by atoms with van der Waals surface area (Å²) in [5.74, 6) is 0.948.